The number of hydrogen-bond acceptors (Lipinski definition) is 4. The Morgan fingerprint density at radius 3 is 2.58 bits per heavy atom. The van der Waals surface area contributed by atoms with Crippen LogP contribution in [0.3, 0.4) is 0 Å². The number of aryl methyl sites for hydroxylation is 1. The molecule has 146 valence electrons. The Hall–Kier alpha value is -0.950. The van der Waals surface area contributed by atoms with E-state index < -0.39 is 10.0 Å². The molecule has 1 aliphatic heterocycles. The van der Waals surface area contributed by atoms with Gasteiger partial charge in [0.05, 0.1) is 19.0 Å². The van der Waals surface area contributed by atoms with Crippen LogP contribution in [0, 0.1) is 6.92 Å². The third-order valence-electron chi connectivity index (χ3n) is 5.76. The first-order chi connectivity index (χ1) is 12.4. The van der Waals surface area contributed by atoms with Crippen molar-refractivity contribution in [2.75, 3.05) is 19.4 Å². The molecule has 1 saturated heterocycles. The summed E-state index contributed by atoms with van der Waals surface area (Å²) in [4.78, 5) is 0. The van der Waals surface area contributed by atoms with Gasteiger partial charge in [-0.15, -0.1) is 0 Å². The molecule has 1 saturated carbocycles. The second-order valence-electron chi connectivity index (χ2n) is 7.86. The summed E-state index contributed by atoms with van der Waals surface area (Å²) in [6.45, 7) is 3.70. The molecule has 1 aromatic carbocycles. The fourth-order valence-corrected chi connectivity index (χ4v) is 5.20. The minimum atomic E-state index is -3.19. The Labute approximate surface area is 158 Å². The van der Waals surface area contributed by atoms with Gasteiger partial charge in [-0.2, -0.15) is 0 Å². The molecule has 3 rings (SSSR count). The van der Waals surface area contributed by atoms with Gasteiger partial charge in [0, 0.05) is 12.1 Å². The normalized spacial score (nSPS) is 30.2. The number of sulfonamides is 1. The molecule has 6 heteroatoms. The van der Waals surface area contributed by atoms with Crippen LogP contribution in [-0.4, -0.2) is 46.0 Å². The molecule has 0 unspecified atom stereocenters. The molecule has 0 radical (unpaired) electrons. The maximum Gasteiger partial charge on any atom is 0.209 e. The minimum Gasteiger partial charge on any atom is -0.377 e. The van der Waals surface area contributed by atoms with Crippen LogP contribution < -0.4 is 10.0 Å². The first-order valence-electron chi connectivity index (χ1n) is 9.80. The Balaban J connectivity index is 1.48. The Bertz CT molecular complexity index is 684. The van der Waals surface area contributed by atoms with E-state index in [4.69, 9.17) is 4.74 Å². The second kappa shape index (κ2) is 8.83. The average molecular weight is 381 g/mol. The van der Waals surface area contributed by atoms with Gasteiger partial charge in [-0.05, 0) is 69.0 Å². The smallest absolute Gasteiger partial charge is 0.209 e. The molecule has 0 amide bonds. The van der Waals surface area contributed by atoms with Crippen molar-refractivity contribution in [2.24, 2.45) is 0 Å². The van der Waals surface area contributed by atoms with Crippen molar-refractivity contribution in [2.45, 2.75) is 69.6 Å². The van der Waals surface area contributed by atoms with Crippen molar-refractivity contribution >= 4 is 10.0 Å². The fourth-order valence-electron chi connectivity index (χ4n) is 4.37. The van der Waals surface area contributed by atoms with E-state index in [1.807, 2.05) is 0 Å². The van der Waals surface area contributed by atoms with Crippen LogP contribution in [0.25, 0.3) is 0 Å². The molecule has 2 aliphatic rings. The molecule has 5 nitrogen and oxygen atoms in total. The van der Waals surface area contributed by atoms with E-state index in [1.165, 1.54) is 30.2 Å². The minimum absolute atomic E-state index is 0.0626. The molecule has 1 heterocycles. The highest BCUT2D eigenvalue weighted by molar-refractivity contribution is 7.88. The van der Waals surface area contributed by atoms with Crippen LogP contribution in [0.2, 0.25) is 0 Å². The third kappa shape index (κ3) is 5.52. The summed E-state index contributed by atoms with van der Waals surface area (Å²) in [5, 5.41) is 3.42. The van der Waals surface area contributed by atoms with Gasteiger partial charge in [0.25, 0.3) is 0 Å². The van der Waals surface area contributed by atoms with Gasteiger partial charge in [-0.1, -0.05) is 24.3 Å². The van der Waals surface area contributed by atoms with E-state index in [2.05, 4.69) is 41.2 Å². The van der Waals surface area contributed by atoms with E-state index in [1.54, 1.807) is 0 Å². The maximum atomic E-state index is 11.6. The Kier molecular flexibility index (Phi) is 6.72. The van der Waals surface area contributed by atoms with Gasteiger partial charge in [-0.3, -0.25) is 0 Å². The van der Waals surface area contributed by atoms with Gasteiger partial charge in [0.1, 0.15) is 0 Å². The summed E-state index contributed by atoms with van der Waals surface area (Å²) >= 11 is 0. The van der Waals surface area contributed by atoms with Gasteiger partial charge >= 0.3 is 0 Å². The van der Waals surface area contributed by atoms with E-state index in [9.17, 15) is 8.42 Å². The zero-order valence-corrected chi connectivity index (χ0v) is 16.7. The van der Waals surface area contributed by atoms with Crippen molar-refractivity contribution in [1.82, 2.24) is 10.0 Å². The highest BCUT2D eigenvalue weighted by Crippen LogP contribution is 2.35. The molecule has 2 N–H and O–H groups in total. The monoisotopic (exact) mass is 380 g/mol. The highest BCUT2D eigenvalue weighted by Gasteiger charge is 2.29. The van der Waals surface area contributed by atoms with Crippen LogP contribution in [0.4, 0.5) is 0 Å². The predicted molar refractivity (Wildman–Crippen MR) is 105 cm³/mol. The topological polar surface area (TPSA) is 67.4 Å². The first kappa shape index (κ1) is 19.8. The predicted octanol–water partition coefficient (Wildman–Crippen LogP) is 2.71. The zero-order valence-electron chi connectivity index (χ0n) is 15.9. The lowest BCUT2D eigenvalue weighted by Crippen LogP contribution is -2.55. The number of benzene rings is 1. The van der Waals surface area contributed by atoms with Crippen molar-refractivity contribution in [1.29, 1.82) is 0 Å². The zero-order chi connectivity index (χ0) is 18.6. The van der Waals surface area contributed by atoms with E-state index >= 15 is 0 Å². The third-order valence-corrected chi connectivity index (χ3v) is 6.49. The van der Waals surface area contributed by atoms with Crippen LogP contribution >= 0.6 is 0 Å². The lowest BCUT2D eigenvalue weighted by molar-refractivity contribution is 0.00521. The molecule has 0 bridgehead atoms. The second-order valence-corrected chi connectivity index (χ2v) is 9.64. The van der Waals surface area contributed by atoms with Crippen LogP contribution in [0.5, 0.6) is 0 Å². The van der Waals surface area contributed by atoms with Gasteiger partial charge in [-0.25, -0.2) is 13.1 Å². The molecule has 1 aliphatic carbocycles. The number of piperidine rings is 1. The first-order valence-corrected chi connectivity index (χ1v) is 11.7. The number of nitrogens with one attached hydrogen (secondary N) is 2. The van der Waals surface area contributed by atoms with Crippen molar-refractivity contribution < 1.29 is 13.2 Å². The molecule has 0 aromatic heterocycles. The van der Waals surface area contributed by atoms with Gasteiger partial charge < -0.3 is 10.1 Å². The standard InChI is InChI=1S/C20H32N2O3S/c1-15-6-3-4-7-18(15)16-9-11-17(12-10-16)25-14-20-19(8-5-13-21-20)22-26(2,23)24/h3-4,6-7,16-17,19-22H,5,8-14H2,1-2H3/t16?,17?,19-,20-/m0/s1. The van der Waals surface area contributed by atoms with E-state index in [-0.39, 0.29) is 18.2 Å². The summed E-state index contributed by atoms with van der Waals surface area (Å²) in [5.41, 5.74) is 2.87. The Morgan fingerprint density at radius 2 is 1.88 bits per heavy atom. The van der Waals surface area contributed by atoms with E-state index in [0.29, 0.717) is 12.5 Å². The Morgan fingerprint density at radius 1 is 1.15 bits per heavy atom. The van der Waals surface area contributed by atoms with Crippen LogP contribution in [0.15, 0.2) is 24.3 Å². The fraction of sp³-hybridized carbons (Fsp3) is 0.700. The van der Waals surface area contributed by atoms with Crippen molar-refractivity contribution in [3.05, 3.63) is 35.4 Å². The largest absolute Gasteiger partial charge is 0.377 e. The molecule has 0 spiro atoms. The lowest BCUT2D eigenvalue weighted by atomic mass is 9.81. The highest BCUT2D eigenvalue weighted by atomic mass is 32.2. The van der Waals surface area contributed by atoms with Crippen molar-refractivity contribution in [3.8, 4) is 0 Å². The van der Waals surface area contributed by atoms with E-state index in [0.717, 1.165) is 32.2 Å². The molecule has 2 atom stereocenters. The van der Waals surface area contributed by atoms with Crippen LogP contribution in [-0.2, 0) is 14.8 Å². The SMILES string of the molecule is Cc1ccccc1C1CCC(OC[C@@H]2NCCC[C@@H]2NS(C)(=O)=O)CC1. The molecule has 26 heavy (non-hydrogen) atoms. The average Bonchev–Trinajstić information content (AvgIpc) is 2.61. The van der Waals surface area contributed by atoms with Gasteiger partial charge in [0.15, 0.2) is 0 Å². The maximum absolute atomic E-state index is 11.6. The number of ether oxygens (including phenoxy) is 1. The molecule has 1 aromatic rings. The quantitative estimate of drug-likeness (QED) is 0.796. The number of rotatable bonds is 6. The molecular weight excluding hydrogens is 348 g/mol. The lowest BCUT2D eigenvalue weighted by Gasteiger charge is -2.35. The van der Waals surface area contributed by atoms with Crippen molar-refractivity contribution in [3.63, 3.8) is 0 Å². The summed E-state index contributed by atoms with van der Waals surface area (Å²) in [6.07, 6.45) is 7.87. The summed E-state index contributed by atoms with van der Waals surface area (Å²) in [5.74, 6) is 0.642. The van der Waals surface area contributed by atoms with Gasteiger partial charge in [0.2, 0.25) is 10.0 Å². The molecular formula is C20H32N2O3S. The molecule has 2 fully saturated rings. The number of hydrogen-bond donors (Lipinski definition) is 2. The van der Waals surface area contributed by atoms with Crippen LogP contribution in [0.1, 0.15) is 55.6 Å². The summed E-state index contributed by atoms with van der Waals surface area (Å²) < 4.78 is 32.1. The summed E-state index contributed by atoms with van der Waals surface area (Å²) in [7, 11) is -3.19. The summed E-state index contributed by atoms with van der Waals surface area (Å²) in [6, 6.07) is 8.69.